The molecule has 5 atom stereocenters. The minimum Gasteiger partial charge on any atom is -0.394 e. The van der Waals surface area contributed by atoms with Gasteiger partial charge in [0.1, 0.15) is 24.4 Å². The predicted molar refractivity (Wildman–Crippen MR) is 74.0 cm³/mol. The number of ketones is 1. The number of rotatable bonds is 11. The fourth-order valence-corrected chi connectivity index (χ4v) is 2.00. The van der Waals surface area contributed by atoms with E-state index in [1.165, 1.54) is 0 Å². The van der Waals surface area contributed by atoms with Crippen LogP contribution < -0.4 is 0 Å². The average Bonchev–Trinajstić information content (AvgIpc) is 2.47. The molecule has 0 rings (SSSR count). The third-order valence-corrected chi connectivity index (χ3v) is 3.52. The molecule has 0 amide bonds. The lowest BCUT2D eigenvalue weighted by Gasteiger charge is -2.26. The molecule has 0 saturated carbocycles. The molecule has 0 aromatic carbocycles. The summed E-state index contributed by atoms with van der Waals surface area (Å²) in [6.45, 7) is 2.99. The Hall–Kier alpha value is -0.530. The van der Waals surface area contributed by atoms with Crippen LogP contribution in [0.25, 0.3) is 0 Å². The van der Waals surface area contributed by atoms with Crippen molar-refractivity contribution in [3.05, 3.63) is 0 Å². The maximum absolute atomic E-state index is 11.9. The smallest absolute Gasteiger partial charge is 0.166 e. The van der Waals surface area contributed by atoms with Gasteiger partial charge in [0.15, 0.2) is 5.78 Å². The monoisotopic (exact) mass is 292 g/mol. The van der Waals surface area contributed by atoms with E-state index in [9.17, 15) is 25.2 Å². The highest BCUT2D eigenvalue weighted by Crippen LogP contribution is 2.16. The van der Waals surface area contributed by atoms with E-state index in [4.69, 9.17) is 5.11 Å². The lowest BCUT2D eigenvalue weighted by atomic mass is 9.90. The quantitative estimate of drug-likeness (QED) is 0.331. The largest absolute Gasteiger partial charge is 0.394 e. The normalized spacial score (nSPS) is 19.1. The van der Waals surface area contributed by atoms with Crippen LogP contribution in [0.5, 0.6) is 0 Å². The fourth-order valence-electron chi connectivity index (χ4n) is 2.00. The van der Waals surface area contributed by atoms with Crippen LogP contribution in [-0.2, 0) is 4.79 Å². The van der Waals surface area contributed by atoms with Crippen molar-refractivity contribution in [3.8, 4) is 0 Å². The van der Waals surface area contributed by atoms with Crippen molar-refractivity contribution in [2.45, 2.75) is 70.4 Å². The number of aliphatic hydroxyl groups is 5. The SMILES string of the molecule is CCCCCCC(C)C(=O)[C@H](O)[C@@H](O)[C@@H](O)[C@H](O)CO. The Kier molecular flexibility index (Phi) is 9.96. The van der Waals surface area contributed by atoms with Crippen molar-refractivity contribution >= 4 is 5.78 Å². The van der Waals surface area contributed by atoms with Crippen LogP contribution in [0.4, 0.5) is 0 Å². The summed E-state index contributed by atoms with van der Waals surface area (Å²) in [5.41, 5.74) is 0. The second-order valence-corrected chi connectivity index (χ2v) is 5.33. The zero-order valence-corrected chi connectivity index (χ0v) is 12.3. The van der Waals surface area contributed by atoms with Gasteiger partial charge in [-0.3, -0.25) is 4.79 Å². The topological polar surface area (TPSA) is 118 Å². The molecule has 5 N–H and O–H groups in total. The number of carbonyl (C=O) groups excluding carboxylic acids is 1. The van der Waals surface area contributed by atoms with Crippen LogP contribution >= 0.6 is 0 Å². The molecule has 6 heteroatoms. The van der Waals surface area contributed by atoms with Gasteiger partial charge in [-0.2, -0.15) is 0 Å². The summed E-state index contributed by atoms with van der Waals surface area (Å²) >= 11 is 0. The first kappa shape index (κ1) is 19.5. The number of hydrogen-bond acceptors (Lipinski definition) is 6. The Balaban J connectivity index is 4.30. The summed E-state index contributed by atoms with van der Waals surface area (Å²) in [5.74, 6) is -0.979. The molecule has 0 aliphatic carbocycles. The highest BCUT2D eigenvalue weighted by Gasteiger charge is 2.35. The summed E-state index contributed by atoms with van der Waals surface area (Å²) in [6.07, 6.45) is -2.23. The Morgan fingerprint density at radius 1 is 1.00 bits per heavy atom. The van der Waals surface area contributed by atoms with Crippen molar-refractivity contribution in [3.63, 3.8) is 0 Å². The molecule has 120 valence electrons. The molecule has 0 aromatic heterocycles. The third kappa shape index (κ3) is 6.28. The van der Waals surface area contributed by atoms with Gasteiger partial charge in [-0.1, -0.05) is 39.5 Å². The second-order valence-electron chi connectivity index (χ2n) is 5.33. The predicted octanol–water partition coefficient (Wildman–Crippen LogP) is -0.402. The van der Waals surface area contributed by atoms with Gasteiger partial charge >= 0.3 is 0 Å². The molecule has 0 radical (unpaired) electrons. The lowest BCUT2D eigenvalue weighted by molar-refractivity contribution is -0.150. The molecule has 1 unspecified atom stereocenters. The molecule has 0 aliphatic rings. The highest BCUT2D eigenvalue weighted by atomic mass is 16.4. The third-order valence-electron chi connectivity index (χ3n) is 3.52. The van der Waals surface area contributed by atoms with Gasteiger partial charge in [-0.25, -0.2) is 0 Å². The highest BCUT2D eigenvalue weighted by molar-refractivity contribution is 5.85. The van der Waals surface area contributed by atoms with Gasteiger partial charge < -0.3 is 25.5 Å². The van der Waals surface area contributed by atoms with Gasteiger partial charge in [0.2, 0.25) is 0 Å². The molecule has 0 heterocycles. The molecule has 0 aliphatic heterocycles. The first-order valence-electron chi connectivity index (χ1n) is 7.23. The molecular weight excluding hydrogens is 264 g/mol. The zero-order chi connectivity index (χ0) is 15.7. The van der Waals surface area contributed by atoms with E-state index in [2.05, 4.69) is 6.92 Å². The van der Waals surface area contributed by atoms with Crippen LogP contribution in [0.1, 0.15) is 46.0 Å². The van der Waals surface area contributed by atoms with Gasteiger partial charge in [-0.05, 0) is 6.42 Å². The average molecular weight is 292 g/mol. The number of carbonyl (C=O) groups is 1. The summed E-state index contributed by atoms with van der Waals surface area (Å²) in [4.78, 5) is 11.9. The van der Waals surface area contributed by atoms with Crippen molar-refractivity contribution < 1.29 is 30.3 Å². The van der Waals surface area contributed by atoms with Crippen LogP contribution in [0, 0.1) is 5.92 Å². The van der Waals surface area contributed by atoms with E-state index in [-0.39, 0.29) is 0 Å². The molecule has 6 nitrogen and oxygen atoms in total. The maximum atomic E-state index is 11.9. The minimum absolute atomic E-state index is 0.421. The number of Topliss-reactive ketones (excluding diaryl/α,β-unsaturated/α-hetero) is 1. The van der Waals surface area contributed by atoms with Gasteiger partial charge in [0.25, 0.3) is 0 Å². The van der Waals surface area contributed by atoms with E-state index in [1.807, 2.05) is 0 Å². The van der Waals surface area contributed by atoms with Crippen molar-refractivity contribution in [1.29, 1.82) is 0 Å². The van der Waals surface area contributed by atoms with E-state index in [1.54, 1.807) is 6.92 Å². The van der Waals surface area contributed by atoms with Crippen molar-refractivity contribution in [2.75, 3.05) is 6.61 Å². The molecule has 0 aromatic rings. The summed E-state index contributed by atoms with van der Waals surface area (Å²) in [6, 6.07) is 0. The molecular formula is C14H28O6. The van der Waals surface area contributed by atoms with Gasteiger partial charge in [0, 0.05) is 5.92 Å². The van der Waals surface area contributed by atoms with Crippen LogP contribution in [0.15, 0.2) is 0 Å². The van der Waals surface area contributed by atoms with E-state index < -0.39 is 42.7 Å². The van der Waals surface area contributed by atoms with Crippen LogP contribution in [-0.4, -0.2) is 62.3 Å². The first-order chi connectivity index (χ1) is 9.36. The Morgan fingerprint density at radius 2 is 1.60 bits per heavy atom. The fraction of sp³-hybridized carbons (Fsp3) is 0.929. The summed E-state index contributed by atoms with van der Waals surface area (Å²) in [7, 11) is 0. The number of unbranched alkanes of at least 4 members (excludes halogenated alkanes) is 3. The first-order valence-corrected chi connectivity index (χ1v) is 7.23. The standard InChI is InChI=1S/C14H28O6/c1-3-4-5-6-7-9(2)11(17)13(19)14(20)12(18)10(16)8-15/h9-10,12-16,18-20H,3-8H2,1-2H3/t9?,10-,12+,13+,14+/m1/s1. The van der Waals surface area contributed by atoms with Gasteiger partial charge in [-0.15, -0.1) is 0 Å². The van der Waals surface area contributed by atoms with E-state index in [0.717, 1.165) is 25.7 Å². The second kappa shape index (κ2) is 10.2. The maximum Gasteiger partial charge on any atom is 0.166 e. The summed E-state index contributed by atoms with van der Waals surface area (Å²) < 4.78 is 0. The van der Waals surface area contributed by atoms with Gasteiger partial charge in [0.05, 0.1) is 6.61 Å². The molecule has 0 bridgehead atoms. The number of aliphatic hydroxyl groups excluding tert-OH is 5. The zero-order valence-electron chi connectivity index (χ0n) is 12.3. The van der Waals surface area contributed by atoms with E-state index in [0.29, 0.717) is 6.42 Å². The summed E-state index contributed by atoms with van der Waals surface area (Å²) in [5, 5.41) is 46.7. The van der Waals surface area contributed by atoms with E-state index >= 15 is 0 Å². The molecule has 0 spiro atoms. The van der Waals surface area contributed by atoms with Crippen molar-refractivity contribution in [1.82, 2.24) is 0 Å². The molecule has 0 fully saturated rings. The van der Waals surface area contributed by atoms with Crippen LogP contribution in [0.3, 0.4) is 0 Å². The number of hydrogen-bond donors (Lipinski definition) is 5. The molecule has 0 saturated heterocycles. The minimum atomic E-state index is -1.80. The Bertz CT molecular complexity index is 270. The molecule has 20 heavy (non-hydrogen) atoms. The van der Waals surface area contributed by atoms with Crippen LogP contribution in [0.2, 0.25) is 0 Å². The Labute approximate surface area is 120 Å². The van der Waals surface area contributed by atoms with Crippen molar-refractivity contribution in [2.24, 2.45) is 5.92 Å². The Morgan fingerprint density at radius 3 is 2.10 bits per heavy atom. The lowest BCUT2D eigenvalue weighted by Crippen LogP contribution is -2.49.